The van der Waals surface area contributed by atoms with Crippen molar-refractivity contribution in [2.75, 3.05) is 271 Å². The topological polar surface area (TPSA) is 205 Å². The summed E-state index contributed by atoms with van der Waals surface area (Å²) in [6, 6.07) is 0. The molecule has 0 unspecified atom stereocenters. The van der Waals surface area contributed by atoms with E-state index in [0.29, 0.717) is 258 Å². The molecule has 0 aromatic heterocycles. The molecule has 0 bridgehead atoms. The third-order valence-electron chi connectivity index (χ3n) is 10.9. The minimum Gasteiger partial charge on any atom is -0.394 e. The van der Waals surface area contributed by atoms with E-state index in [-0.39, 0.29) is 6.61 Å². The first kappa shape index (κ1) is 76.2. The molecular formula is C56H114O21. The van der Waals surface area contributed by atoms with Crippen molar-refractivity contribution in [2.24, 2.45) is 5.92 Å². The third-order valence-corrected chi connectivity index (χ3v) is 10.9. The Hall–Kier alpha value is -0.840. The van der Waals surface area contributed by atoms with Crippen LogP contribution in [0.25, 0.3) is 0 Å². The summed E-state index contributed by atoms with van der Waals surface area (Å²) in [6.45, 7) is 25.1. The van der Waals surface area contributed by atoms with Gasteiger partial charge in [-0.15, -0.1) is 0 Å². The molecule has 21 nitrogen and oxygen atoms in total. The van der Waals surface area contributed by atoms with Gasteiger partial charge in [-0.3, -0.25) is 0 Å². The monoisotopic (exact) mass is 1120 g/mol. The Morgan fingerprint density at radius 1 is 0.169 bits per heavy atom. The lowest BCUT2D eigenvalue weighted by molar-refractivity contribution is -0.0315. The van der Waals surface area contributed by atoms with E-state index >= 15 is 0 Å². The standard InChI is InChI=1S/C56H114O21/c1-56(2)14-12-10-8-6-4-3-5-7-9-11-13-16-58-18-20-60-22-24-62-26-28-64-30-32-66-34-36-68-38-40-70-42-44-72-46-48-74-50-52-76-54-55-77-53-51-75-49-47-73-45-43-71-41-39-69-37-35-67-33-31-65-29-27-63-25-23-61-21-19-59-17-15-57/h56-57H,3-55H2,1-2H3. The number of aliphatic hydroxyl groups excluding tert-OH is 1. The highest BCUT2D eigenvalue weighted by Crippen LogP contribution is 2.14. The quantitative estimate of drug-likeness (QED) is 0.0731. The van der Waals surface area contributed by atoms with Crippen molar-refractivity contribution in [1.29, 1.82) is 0 Å². The molecule has 0 fully saturated rings. The van der Waals surface area contributed by atoms with Crippen molar-refractivity contribution in [3.8, 4) is 0 Å². The van der Waals surface area contributed by atoms with Crippen molar-refractivity contribution in [1.82, 2.24) is 0 Å². The zero-order valence-corrected chi connectivity index (χ0v) is 48.7. The van der Waals surface area contributed by atoms with E-state index in [1.807, 2.05) is 0 Å². The molecule has 0 spiro atoms. The Morgan fingerprint density at radius 2 is 0.299 bits per heavy atom. The van der Waals surface area contributed by atoms with Gasteiger partial charge in [0.1, 0.15) is 0 Å². The molecule has 77 heavy (non-hydrogen) atoms. The maximum atomic E-state index is 8.61. The normalized spacial score (nSPS) is 11.8. The Morgan fingerprint density at radius 3 is 0.455 bits per heavy atom. The van der Waals surface area contributed by atoms with E-state index in [2.05, 4.69) is 13.8 Å². The first-order valence-electron chi connectivity index (χ1n) is 29.4. The summed E-state index contributed by atoms with van der Waals surface area (Å²) in [6.07, 6.45) is 16.3. The molecule has 0 amide bonds. The van der Waals surface area contributed by atoms with Crippen molar-refractivity contribution in [2.45, 2.75) is 90.9 Å². The summed E-state index contributed by atoms with van der Waals surface area (Å²) in [5.74, 6) is 0.854. The van der Waals surface area contributed by atoms with E-state index in [1.54, 1.807) is 0 Å². The van der Waals surface area contributed by atoms with Gasteiger partial charge in [0.25, 0.3) is 0 Å². The van der Waals surface area contributed by atoms with Crippen LogP contribution >= 0.6 is 0 Å². The fourth-order valence-corrected chi connectivity index (χ4v) is 6.69. The predicted octanol–water partition coefficient (Wildman–Crippen LogP) is 5.65. The summed E-state index contributed by atoms with van der Waals surface area (Å²) in [5, 5.41) is 8.61. The van der Waals surface area contributed by atoms with Gasteiger partial charge in [0.2, 0.25) is 0 Å². The largest absolute Gasteiger partial charge is 0.394 e. The highest BCUT2D eigenvalue weighted by molar-refractivity contribution is 4.51. The molecule has 0 radical (unpaired) electrons. The van der Waals surface area contributed by atoms with Crippen molar-refractivity contribution >= 4 is 0 Å². The molecular weight excluding hydrogens is 1010 g/mol. The molecule has 464 valence electrons. The van der Waals surface area contributed by atoms with Crippen LogP contribution in [0.5, 0.6) is 0 Å². The van der Waals surface area contributed by atoms with Gasteiger partial charge in [0, 0.05) is 6.61 Å². The molecule has 0 rings (SSSR count). The van der Waals surface area contributed by atoms with Crippen LogP contribution in [0.1, 0.15) is 90.9 Å². The van der Waals surface area contributed by atoms with Crippen LogP contribution in [0.4, 0.5) is 0 Å². The number of hydrogen-bond acceptors (Lipinski definition) is 21. The molecule has 0 saturated carbocycles. The van der Waals surface area contributed by atoms with E-state index in [1.165, 1.54) is 70.6 Å². The molecule has 0 atom stereocenters. The van der Waals surface area contributed by atoms with Gasteiger partial charge in [0.15, 0.2) is 0 Å². The SMILES string of the molecule is CC(C)CCCCCCCCCCCCCOCCOCCOCCOCCOCCOCCOCCOCCOCCOCCOCCOCCOCCOCCOCCOCCOCCOCCOCCOCCO. The fraction of sp³-hybridized carbons (Fsp3) is 1.00. The van der Waals surface area contributed by atoms with Gasteiger partial charge >= 0.3 is 0 Å². The lowest BCUT2D eigenvalue weighted by Crippen LogP contribution is -2.16. The predicted molar refractivity (Wildman–Crippen MR) is 294 cm³/mol. The lowest BCUT2D eigenvalue weighted by Gasteiger charge is -2.09. The van der Waals surface area contributed by atoms with E-state index < -0.39 is 0 Å². The maximum absolute atomic E-state index is 8.61. The summed E-state index contributed by atoms with van der Waals surface area (Å²) >= 11 is 0. The lowest BCUT2D eigenvalue weighted by atomic mass is 10.0. The van der Waals surface area contributed by atoms with E-state index in [0.717, 1.165) is 18.9 Å². The molecule has 0 aromatic rings. The molecule has 0 heterocycles. The molecule has 0 aliphatic heterocycles. The first-order valence-corrected chi connectivity index (χ1v) is 29.4. The zero-order valence-electron chi connectivity index (χ0n) is 48.7. The Labute approximate surface area is 466 Å². The number of ether oxygens (including phenoxy) is 20. The zero-order chi connectivity index (χ0) is 55.2. The second kappa shape index (κ2) is 73.2. The third kappa shape index (κ3) is 75.2. The minimum absolute atomic E-state index is 0.0201. The maximum Gasteiger partial charge on any atom is 0.0701 e. The molecule has 0 aromatic carbocycles. The molecule has 0 saturated heterocycles. The van der Waals surface area contributed by atoms with Crippen LogP contribution in [-0.4, -0.2) is 276 Å². The van der Waals surface area contributed by atoms with Gasteiger partial charge < -0.3 is 99.8 Å². The van der Waals surface area contributed by atoms with Crippen molar-refractivity contribution in [3.05, 3.63) is 0 Å². The number of unbranched alkanes of at least 4 members (excludes halogenated alkanes) is 10. The molecule has 21 heteroatoms. The first-order chi connectivity index (χ1) is 38.3. The molecule has 0 aliphatic rings. The van der Waals surface area contributed by atoms with Crippen LogP contribution < -0.4 is 0 Å². The van der Waals surface area contributed by atoms with Gasteiger partial charge in [-0.2, -0.15) is 0 Å². The summed E-state index contributed by atoms with van der Waals surface area (Å²) in [7, 11) is 0. The summed E-state index contributed by atoms with van der Waals surface area (Å²) in [5.41, 5.74) is 0. The smallest absolute Gasteiger partial charge is 0.0701 e. The fourth-order valence-electron chi connectivity index (χ4n) is 6.69. The van der Waals surface area contributed by atoms with Crippen LogP contribution in [0.15, 0.2) is 0 Å². The van der Waals surface area contributed by atoms with Crippen molar-refractivity contribution < 1.29 is 99.8 Å². The highest BCUT2D eigenvalue weighted by Gasteiger charge is 2.01. The van der Waals surface area contributed by atoms with Crippen molar-refractivity contribution in [3.63, 3.8) is 0 Å². The second-order valence-electron chi connectivity index (χ2n) is 18.0. The number of hydrogen-bond donors (Lipinski definition) is 1. The highest BCUT2D eigenvalue weighted by atomic mass is 16.6. The van der Waals surface area contributed by atoms with Crippen LogP contribution in [0.3, 0.4) is 0 Å². The second-order valence-corrected chi connectivity index (χ2v) is 18.0. The Bertz CT molecular complexity index is 1010. The van der Waals surface area contributed by atoms with Gasteiger partial charge in [-0.05, 0) is 12.3 Å². The molecule has 0 aliphatic carbocycles. The summed E-state index contributed by atoms with van der Waals surface area (Å²) < 4.78 is 110. The van der Waals surface area contributed by atoms with Crippen LogP contribution in [0, 0.1) is 5.92 Å². The number of aliphatic hydroxyl groups is 1. The Balaban J connectivity index is 3.08. The van der Waals surface area contributed by atoms with Crippen LogP contribution in [0.2, 0.25) is 0 Å². The van der Waals surface area contributed by atoms with E-state index in [9.17, 15) is 0 Å². The average molecular weight is 1120 g/mol. The Kier molecular flexibility index (Phi) is 72.4. The van der Waals surface area contributed by atoms with Gasteiger partial charge in [0.05, 0.1) is 264 Å². The number of rotatable bonds is 73. The van der Waals surface area contributed by atoms with Gasteiger partial charge in [-0.25, -0.2) is 0 Å². The average Bonchev–Trinajstić information content (AvgIpc) is 3.43. The van der Waals surface area contributed by atoms with Gasteiger partial charge in [-0.1, -0.05) is 84.5 Å². The van der Waals surface area contributed by atoms with E-state index in [4.69, 9.17) is 99.8 Å². The minimum atomic E-state index is 0.0201. The molecule has 1 N–H and O–H groups in total. The summed E-state index contributed by atoms with van der Waals surface area (Å²) in [4.78, 5) is 0. The van der Waals surface area contributed by atoms with Crippen LogP contribution in [-0.2, 0) is 94.7 Å².